The second-order valence-corrected chi connectivity index (χ2v) is 9.40. The van der Waals surface area contributed by atoms with Crippen LogP contribution in [0.25, 0.3) is 11.0 Å². The molecule has 0 unspecified atom stereocenters. The van der Waals surface area contributed by atoms with E-state index in [0.717, 1.165) is 23.6 Å². The normalized spacial score (nSPS) is 15.2. The highest BCUT2D eigenvalue weighted by Gasteiger charge is 2.27. The average molecular weight is 459 g/mol. The van der Waals surface area contributed by atoms with Crippen molar-refractivity contribution in [1.29, 1.82) is 0 Å². The van der Waals surface area contributed by atoms with Gasteiger partial charge in [0, 0.05) is 26.2 Å². The number of piperazine rings is 1. The van der Waals surface area contributed by atoms with Gasteiger partial charge in [-0.2, -0.15) is 3.97 Å². The van der Waals surface area contributed by atoms with Crippen LogP contribution in [0.1, 0.15) is 6.92 Å². The number of ether oxygens (including phenoxy) is 1. The smallest absolute Gasteiger partial charge is 0.343 e. The molecule has 4 rings (SSSR count). The number of carbonyl (C=O) groups is 1. The van der Waals surface area contributed by atoms with E-state index in [0.29, 0.717) is 24.4 Å². The van der Waals surface area contributed by atoms with Crippen LogP contribution >= 0.6 is 0 Å². The molecule has 2 aromatic carbocycles. The fraction of sp³-hybridized carbons (Fsp3) is 0.364. The summed E-state index contributed by atoms with van der Waals surface area (Å²) in [7, 11) is -2.69. The molecule has 10 heteroatoms. The topological polar surface area (TPSA) is 93.9 Å². The second kappa shape index (κ2) is 8.79. The number of nitrogens with zero attached hydrogens (tertiary/aromatic N) is 4. The molecule has 0 N–H and O–H groups in total. The fourth-order valence-corrected chi connectivity index (χ4v) is 5.38. The predicted molar refractivity (Wildman–Crippen MR) is 120 cm³/mol. The summed E-state index contributed by atoms with van der Waals surface area (Å²) in [5, 5.41) is 0. The van der Waals surface area contributed by atoms with Crippen molar-refractivity contribution in [2.45, 2.75) is 18.4 Å². The van der Waals surface area contributed by atoms with Gasteiger partial charge in [-0.25, -0.2) is 13.2 Å². The molecule has 0 bridgehead atoms. The number of para-hydroxylation sites is 2. The van der Waals surface area contributed by atoms with Gasteiger partial charge in [0.15, 0.2) is 0 Å². The van der Waals surface area contributed by atoms with Gasteiger partial charge in [0.2, 0.25) is 5.91 Å². The molecule has 0 spiro atoms. The summed E-state index contributed by atoms with van der Waals surface area (Å²) in [5.74, 6) is 0.306. The molecule has 1 aliphatic heterocycles. The molecular formula is C22H26N4O5S. The van der Waals surface area contributed by atoms with Gasteiger partial charge in [-0.3, -0.25) is 9.36 Å². The first-order valence-electron chi connectivity index (χ1n) is 10.5. The summed E-state index contributed by atoms with van der Waals surface area (Å²) in [5.41, 5.74) is -0.130. The van der Waals surface area contributed by atoms with Gasteiger partial charge < -0.3 is 14.5 Å². The molecule has 1 saturated heterocycles. The van der Waals surface area contributed by atoms with Crippen molar-refractivity contribution < 1.29 is 17.9 Å². The highest BCUT2D eigenvalue weighted by atomic mass is 32.2. The van der Waals surface area contributed by atoms with Crippen LogP contribution < -0.4 is 10.4 Å². The Morgan fingerprint density at radius 1 is 0.969 bits per heavy atom. The SMILES string of the molecule is CCN1CCN(C(=O)Cn2c(=O)n(S(=O)(=O)c3ccc(OC)cc3)c3ccccc32)CC1. The van der Waals surface area contributed by atoms with E-state index >= 15 is 0 Å². The molecule has 0 saturated carbocycles. The molecule has 3 aromatic rings. The molecule has 2 heterocycles. The summed E-state index contributed by atoms with van der Waals surface area (Å²) in [6, 6.07) is 12.4. The minimum Gasteiger partial charge on any atom is -0.497 e. The van der Waals surface area contributed by atoms with E-state index in [9.17, 15) is 18.0 Å². The standard InChI is InChI=1S/C22H26N4O5S/c1-3-23-12-14-24(15-13-23)21(27)16-25-19-6-4-5-7-20(19)26(22(25)28)32(29,30)18-10-8-17(31-2)9-11-18/h4-11H,3,12-16H2,1-2H3. The fourth-order valence-electron chi connectivity index (χ4n) is 3.97. The van der Waals surface area contributed by atoms with Gasteiger partial charge in [0.1, 0.15) is 12.3 Å². The van der Waals surface area contributed by atoms with Crippen molar-refractivity contribution in [1.82, 2.24) is 18.3 Å². The van der Waals surface area contributed by atoms with Gasteiger partial charge in [-0.1, -0.05) is 19.1 Å². The van der Waals surface area contributed by atoms with Crippen LogP contribution in [-0.4, -0.2) is 72.5 Å². The maximum absolute atomic E-state index is 13.3. The maximum atomic E-state index is 13.3. The van der Waals surface area contributed by atoms with Crippen molar-refractivity contribution in [3.05, 3.63) is 59.0 Å². The largest absolute Gasteiger partial charge is 0.497 e. The molecule has 1 aliphatic rings. The number of carbonyl (C=O) groups excluding carboxylic acids is 1. The molecule has 1 amide bonds. The molecule has 0 aliphatic carbocycles. The van der Waals surface area contributed by atoms with E-state index in [1.54, 1.807) is 29.2 Å². The van der Waals surface area contributed by atoms with E-state index < -0.39 is 15.7 Å². The van der Waals surface area contributed by atoms with E-state index in [4.69, 9.17) is 4.74 Å². The molecular weight excluding hydrogens is 432 g/mol. The zero-order chi connectivity index (χ0) is 22.9. The Bertz CT molecular complexity index is 1290. The van der Waals surface area contributed by atoms with Crippen molar-refractivity contribution in [2.24, 2.45) is 0 Å². The zero-order valence-electron chi connectivity index (χ0n) is 18.1. The number of aromatic nitrogens is 2. The van der Waals surface area contributed by atoms with Crippen molar-refractivity contribution in [2.75, 3.05) is 39.8 Å². The van der Waals surface area contributed by atoms with E-state index in [1.165, 1.54) is 35.9 Å². The van der Waals surface area contributed by atoms with E-state index in [1.807, 2.05) is 0 Å². The van der Waals surface area contributed by atoms with Gasteiger partial charge in [0.25, 0.3) is 10.0 Å². The first-order chi connectivity index (χ1) is 15.4. The Morgan fingerprint density at radius 2 is 1.59 bits per heavy atom. The third kappa shape index (κ3) is 3.91. The van der Waals surface area contributed by atoms with Crippen LogP contribution in [0, 0.1) is 0 Å². The van der Waals surface area contributed by atoms with E-state index in [2.05, 4.69) is 11.8 Å². The molecule has 0 atom stereocenters. The maximum Gasteiger partial charge on any atom is 0.343 e. The third-order valence-corrected chi connectivity index (χ3v) is 7.56. The number of fused-ring (bicyclic) bond motifs is 1. The Morgan fingerprint density at radius 3 is 2.19 bits per heavy atom. The highest BCUT2D eigenvalue weighted by Crippen LogP contribution is 2.22. The number of methoxy groups -OCH3 is 1. The number of likely N-dealkylation sites (N-methyl/N-ethyl adjacent to an activating group) is 1. The van der Waals surface area contributed by atoms with Crippen LogP contribution in [-0.2, 0) is 21.4 Å². The highest BCUT2D eigenvalue weighted by molar-refractivity contribution is 7.90. The van der Waals surface area contributed by atoms with Crippen LogP contribution in [0.4, 0.5) is 0 Å². The summed E-state index contributed by atoms with van der Waals surface area (Å²) < 4.78 is 33.8. The van der Waals surface area contributed by atoms with Crippen LogP contribution in [0.5, 0.6) is 5.75 Å². The molecule has 0 radical (unpaired) electrons. The molecule has 170 valence electrons. The lowest BCUT2D eigenvalue weighted by Crippen LogP contribution is -2.49. The van der Waals surface area contributed by atoms with Gasteiger partial charge in [-0.15, -0.1) is 0 Å². The minimum atomic E-state index is -4.18. The van der Waals surface area contributed by atoms with Crippen LogP contribution in [0.2, 0.25) is 0 Å². The lowest BCUT2D eigenvalue weighted by Gasteiger charge is -2.34. The van der Waals surface area contributed by atoms with Crippen LogP contribution in [0.3, 0.4) is 0 Å². The van der Waals surface area contributed by atoms with Gasteiger partial charge in [-0.05, 0) is 42.9 Å². The average Bonchev–Trinajstić information content (AvgIpc) is 3.11. The molecule has 9 nitrogen and oxygen atoms in total. The predicted octanol–water partition coefficient (Wildman–Crippen LogP) is 1.21. The first kappa shape index (κ1) is 22.1. The number of hydrogen-bond donors (Lipinski definition) is 0. The number of rotatable bonds is 6. The Hall–Kier alpha value is -3.11. The van der Waals surface area contributed by atoms with Gasteiger partial charge in [0.05, 0.1) is 23.0 Å². The lowest BCUT2D eigenvalue weighted by molar-refractivity contribution is -0.133. The number of benzene rings is 2. The number of hydrogen-bond acceptors (Lipinski definition) is 6. The second-order valence-electron chi connectivity index (χ2n) is 7.62. The first-order valence-corrected chi connectivity index (χ1v) is 11.9. The van der Waals surface area contributed by atoms with Gasteiger partial charge >= 0.3 is 5.69 Å². The van der Waals surface area contributed by atoms with Crippen molar-refractivity contribution in [3.63, 3.8) is 0 Å². The molecule has 1 fully saturated rings. The summed E-state index contributed by atoms with van der Waals surface area (Å²) >= 11 is 0. The Labute approximate surface area is 186 Å². The summed E-state index contributed by atoms with van der Waals surface area (Å²) in [6.45, 7) is 5.54. The van der Waals surface area contributed by atoms with Crippen LogP contribution in [0.15, 0.2) is 58.2 Å². The zero-order valence-corrected chi connectivity index (χ0v) is 18.9. The number of imidazole rings is 1. The Kier molecular flexibility index (Phi) is 6.07. The summed E-state index contributed by atoms with van der Waals surface area (Å²) in [4.78, 5) is 30.2. The number of amides is 1. The van der Waals surface area contributed by atoms with Crippen molar-refractivity contribution >= 4 is 27.0 Å². The van der Waals surface area contributed by atoms with E-state index in [-0.39, 0.29) is 22.9 Å². The third-order valence-electron chi connectivity index (χ3n) is 5.86. The lowest BCUT2D eigenvalue weighted by atomic mass is 10.3. The monoisotopic (exact) mass is 458 g/mol. The Balaban J connectivity index is 1.72. The quantitative estimate of drug-likeness (QED) is 0.551. The summed E-state index contributed by atoms with van der Waals surface area (Å²) in [6.07, 6.45) is 0. The van der Waals surface area contributed by atoms with Crippen molar-refractivity contribution in [3.8, 4) is 5.75 Å². The molecule has 1 aromatic heterocycles. The minimum absolute atomic E-state index is 0.0367. The molecule has 32 heavy (non-hydrogen) atoms.